The summed E-state index contributed by atoms with van der Waals surface area (Å²) in [6.07, 6.45) is 1.72. The normalized spacial score (nSPS) is 12.3. The Morgan fingerprint density at radius 3 is 2.82 bits per heavy atom. The first-order valence-electron chi connectivity index (χ1n) is 5.44. The second-order valence-corrected chi connectivity index (χ2v) is 3.87. The van der Waals surface area contributed by atoms with Crippen molar-refractivity contribution in [2.75, 3.05) is 0 Å². The number of hydrogen-bond acceptors (Lipinski definition) is 4. The summed E-state index contributed by atoms with van der Waals surface area (Å²) in [5, 5.41) is 0. The third-order valence-corrected chi connectivity index (χ3v) is 2.67. The van der Waals surface area contributed by atoms with Crippen LogP contribution < -0.4 is 15.2 Å². The molecule has 2 aromatic rings. The lowest BCUT2D eigenvalue weighted by Crippen LogP contribution is -2.08. The lowest BCUT2D eigenvalue weighted by atomic mass is 10.1. The summed E-state index contributed by atoms with van der Waals surface area (Å²) >= 11 is 0. The molecule has 4 heteroatoms. The smallest absolute Gasteiger partial charge is 0.219 e. The first kappa shape index (κ1) is 10.1. The molecule has 0 fully saturated rings. The fraction of sp³-hybridized carbons (Fsp3) is 0.154. The first-order valence-corrected chi connectivity index (χ1v) is 5.44. The van der Waals surface area contributed by atoms with E-state index in [0.717, 1.165) is 17.1 Å². The average Bonchev–Trinajstić information content (AvgIpc) is 2.34. The van der Waals surface area contributed by atoms with Crippen molar-refractivity contribution in [3.63, 3.8) is 0 Å². The van der Waals surface area contributed by atoms with Gasteiger partial charge in [-0.05, 0) is 23.8 Å². The summed E-state index contributed by atoms with van der Waals surface area (Å²) in [5.41, 5.74) is 7.66. The molecule has 0 radical (unpaired) electrons. The van der Waals surface area contributed by atoms with Gasteiger partial charge in [-0.3, -0.25) is 0 Å². The van der Waals surface area contributed by atoms with Crippen LogP contribution in [-0.4, -0.2) is 4.98 Å². The van der Waals surface area contributed by atoms with Crippen LogP contribution in [0.4, 0.5) is 0 Å². The largest absolute Gasteiger partial charge is 0.488 e. The van der Waals surface area contributed by atoms with E-state index in [-0.39, 0.29) is 0 Å². The number of nitrogens with zero attached hydrogens (tertiary/aromatic N) is 1. The molecule has 0 atom stereocenters. The Morgan fingerprint density at radius 2 is 2.24 bits per heavy atom. The molecular weight excluding hydrogens is 216 g/mol. The Kier molecular flexibility index (Phi) is 2.42. The molecule has 0 aliphatic carbocycles. The molecule has 0 saturated carbocycles. The Balaban J connectivity index is 1.78. The molecule has 1 aromatic heterocycles. The van der Waals surface area contributed by atoms with E-state index in [2.05, 4.69) is 4.98 Å². The van der Waals surface area contributed by atoms with Crippen LogP contribution in [0, 0.1) is 0 Å². The second kappa shape index (κ2) is 4.07. The molecule has 0 spiro atoms. The maximum atomic E-state index is 5.64. The van der Waals surface area contributed by atoms with Crippen molar-refractivity contribution in [3.05, 3.63) is 47.7 Å². The maximum Gasteiger partial charge on any atom is 0.219 e. The highest BCUT2D eigenvalue weighted by atomic mass is 16.5. The summed E-state index contributed by atoms with van der Waals surface area (Å²) in [7, 11) is 0. The number of pyridine rings is 1. The predicted octanol–water partition coefficient (Wildman–Crippen LogP) is 2.22. The molecule has 3 rings (SSSR count). The van der Waals surface area contributed by atoms with Gasteiger partial charge >= 0.3 is 0 Å². The minimum absolute atomic E-state index is 0.490. The number of ether oxygens (including phenoxy) is 2. The van der Waals surface area contributed by atoms with Crippen molar-refractivity contribution in [2.24, 2.45) is 5.73 Å². The Hall–Kier alpha value is -2.07. The lowest BCUT2D eigenvalue weighted by Gasteiger charge is -2.20. The Bertz CT molecular complexity index is 538. The number of nitrogens with two attached hydrogens (primary N) is 1. The van der Waals surface area contributed by atoms with Gasteiger partial charge in [-0.15, -0.1) is 0 Å². The molecule has 0 saturated heterocycles. The van der Waals surface area contributed by atoms with E-state index in [4.69, 9.17) is 15.2 Å². The van der Waals surface area contributed by atoms with Gasteiger partial charge < -0.3 is 15.2 Å². The predicted molar refractivity (Wildman–Crippen MR) is 63.0 cm³/mol. The van der Waals surface area contributed by atoms with E-state index < -0.39 is 0 Å². The second-order valence-electron chi connectivity index (χ2n) is 3.87. The SMILES string of the molecule is NCc1ccc(Oc2ccc3c(c2)CO3)nc1. The van der Waals surface area contributed by atoms with Gasteiger partial charge in [-0.1, -0.05) is 6.07 Å². The van der Waals surface area contributed by atoms with Crippen LogP contribution in [-0.2, 0) is 13.2 Å². The molecular formula is C13H12N2O2. The summed E-state index contributed by atoms with van der Waals surface area (Å²) in [6, 6.07) is 9.47. The van der Waals surface area contributed by atoms with E-state index in [1.54, 1.807) is 6.20 Å². The minimum atomic E-state index is 0.490. The highest BCUT2D eigenvalue weighted by Crippen LogP contribution is 2.33. The topological polar surface area (TPSA) is 57.4 Å². The third-order valence-electron chi connectivity index (χ3n) is 2.67. The molecule has 0 bridgehead atoms. The quantitative estimate of drug-likeness (QED) is 0.875. The van der Waals surface area contributed by atoms with E-state index in [9.17, 15) is 0 Å². The zero-order valence-corrected chi connectivity index (χ0v) is 9.22. The molecule has 2 N–H and O–H groups in total. The van der Waals surface area contributed by atoms with Gasteiger partial charge in [0.1, 0.15) is 18.1 Å². The van der Waals surface area contributed by atoms with Crippen LogP contribution in [0.25, 0.3) is 0 Å². The first-order chi connectivity index (χ1) is 8.35. The molecule has 0 unspecified atom stereocenters. The molecule has 1 aromatic carbocycles. The van der Waals surface area contributed by atoms with Crippen LogP contribution in [0.2, 0.25) is 0 Å². The van der Waals surface area contributed by atoms with Crippen molar-refractivity contribution in [2.45, 2.75) is 13.2 Å². The van der Waals surface area contributed by atoms with Crippen LogP contribution in [0.1, 0.15) is 11.1 Å². The monoisotopic (exact) mass is 228 g/mol. The zero-order valence-electron chi connectivity index (χ0n) is 9.22. The summed E-state index contributed by atoms with van der Waals surface area (Å²) in [6.45, 7) is 1.15. The number of rotatable bonds is 3. The number of benzene rings is 1. The van der Waals surface area contributed by atoms with E-state index >= 15 is 0 Å². The van der Waals surface area contributed by atoms with E-state index in [1.807, 2.05) is 30.3 Å². The third kappa shape index (κ3) is 1.94. The number of hydrogen-bond donors (Lipinski definition) is 1. The van der Waals surface area contributed by atoms with Gasteiger partial charge in [0, 0.05) is 24.4 Å². The maximum absolute atomic E-state index is 5.64. The highest BCUT2D eigenvalue weighted by Gasteiger charge is 2.15. The van der Waals surface area contributed by atoms with Gasteiger partial charge in [0.15, 0.2) is 0 Å². The number of fused-ring (bicyclic) bond motifs is 1. The highest BCUT2D eigenvalue weighted by molar-refractivity contribution is 5.44. The van der Waals surface area contributed by atoms with Gasteiger partial charge in [-0.25, -0.2) is 4.98 Å². The van der Waals surface area contributed by atoms with Crippen LogP contribution >= 0.6 is 0 Å². The molecule has 17 heavy (non-hydrogen) atoms. The van der Waals surface area contributed by atoms with E-state index in [0.29, 0.717) is 19.0 Å². The van der Waals surface area contributed by atoms with E-state index in [1.165, 1.54) is 5.56 Å². The van der Waals surface area contributed by atoms with Gasteiger partial charge in [0.2, 0.25) is 5.88 Å². The van der Waals surface area contributed by atoms with Gasteiger partial charge in [-0.2, -0.15) is 0 Å². The average molecular weight is 228 g/mol. The molecule has 0 amide bonds. The molecule has 86 valence electrons. The Morgan fingerprint density at radius 1 is 1.29 bits per heavy atom. The summed E-state index contributed by atoms with van der Waals surface area (Å²) in [5.74, 6) is 2.28. The van der Waals surface area contributed by atoms with Crippen molar-refractivity contribution in [1.29, 1.82) is 0 Å². The fourth-order valence-electron chi connectivity index (χ4n) is 1.66. The van der Waals surface area contributed by atoms with Crippen LogP contribution in [0.3, 0.4) is 0 Å². The van der Waals surface area contributed by atoms with Crippen molar-refractivity contribution in [3.8, 4) is 17.4 Å². The summed E-state index contributed by atoms with van der Waals surface area (Å²) in [4.78, 5) is 4.18. The molecule has 4 nitrogen and oxygen atoms in total. The standard InChI is InChI=1S/C13H12N2O2/c14-6-9-1-4-13(15-7-9)17-11-2-3-12-10(5-11)8-16-12/h1-5,7H,6,8,14H2. The fourth-order valence-corrected chi connectivity index (χ4v) is 1.66. The number of aromatic nitrogens is 1. The van der Waals surface area contributed by atoms with Gasteiger partial charge in [0.25, 0.3) is 0 Å². The zero-order chi connectivity index (χ0) is 11.7. The van der Waals surface area contributed by atoms with Crippen molar-refractivity contribution in [1.82, 2.24) is 4.98 Å². The molecule has 1 aliphatic rings. The van der Waals surface area contributed by atoms with Crippen LogP contribution in [0.15, 0.2) is 36.5 Å². The lowest BCUT2D eigenvalue weighted by molar-refractivity contribution is 0.242. The van der Waals surface area contributed by atoms with Crippen molar-refractivity contribution < 1.29 is 9.47 Å². The van der Waals surface area contributed by atoms with Gasteiger partial charge in [0.05, 0.1) is 0 Å². The molecule has 2 heterocycles. The Labute approximate surface area is 99.0 Å². The van der Waals surface area contributed by atoms with Crippen molar-refractivity contribution >= 4 is 0 Å². The summed E-state index contributed by atoms with van der Waals surface area (Å²) < 4.78 is 10.9. The molecule has 1 aliphatic heterocycles. The minimum Gasteiger partial charge on any atom is -0.488 e. The van der Waals surface area contributed by atoms with Crippen LogP contribution in [0.5, 0.6) is 17.4 Å².